The highest BCUT2D eigenvalue weighted by Gasteiger charge is 2.29. The van der Waals surface area contributed by atoms with E-state index in [9.17, 15) is 0 Å². The first-order valence-corrected chi connectivity index (χ1v) is 10.6. The van der Waals surface area contributed by atoms with Crippen LogP contribution in [0.2, 0.25) is 0 Å². The van der Waals surface area contributed by atoms with E-state index in [1.54, 1.807) is 0 Å². The lowest BCUT2D eigenvalue weighted by molar-refractivity contribution is 0.258. The normalized spacial score (nSPS) is 25.7. The average Bonchev–Trinajstić information content (AvgIpc) is 3.29. The Labute approximate surface area is 165 Å². The van der Waals surface area contributed by atoms with Crippen LogP contribution in [0.5, 0.6) is 0 Å². The van der Waals surface area contributed by atoms with Gasteiger partial charge >= 0.3 is 0 Å². The molecule has 0 amide bonds. The number of nitrogens with zero attached hydrogens (tertiary/aromatic N) is 3. The van der Waals surface area contributed by atoms with E-state index in [0.717, 1.165) is 32.0 Å². The third kappa shape index (κ3) is 6.22. The molecule has 2 N–H and O–H groups in total. The quantitative estimate of drug-likeness (QED) is 0.571. The van der Waals surface area contributed by atoms with Crippen molar-refractivity contribution in [3.05, 3.63) is 35.9 Å². The average molecular weight is 372 g/mol. The molecule has 1 aromatic carbocycles. The number of aliphatic imine (C=N–C) groups is 1. The van der Waals surface area contributed by atoms with Crippen molar-refractivity contribution in [2.45, 2.75) is 51.7 Å². The van der Waals surface area contributed by atoms with Gasteiger partial charge in [-0.1, -0.05) is 37.3 Å². The van der Waals surface area contributed by atoms with E-state index >= 15 is 0 Å². The van der Waals surface area contributed by atoms with Gasteiger partial charge in [0.1, 0.15) is 0 Å². The van der Waals surface area contributed by atoms with Gasteiger partial charge in [-0.15, -0.1) is 0 Å². The van der Waals surface area contributed by atoms with Crippen LogP contribution >= 0.6 is 0 Å². The monoisotopic (exact) mass is 371 g/mol. The zero-order valence-electron chi connectivity index (χ0n) is 17.3. The molecule has 0 aromatic heterocycles. The molecule has 1 aromatic rings. The SMILES string of the molecule is CN=C(NCC(C)CN1CCCC1)NC1CC(C)N(Cc2ccccc2)C1. The number of likely N-dealkylation sites (tertiary alicyclic amines) is 2. The zero-order chi connectivity index (χ0) is 19.1. The lowest BCUT2D eigenvalue weighted by Crippen LogP contribution is -2.46. The summed E-state index contributed by atoms with van der Waals surface area (Å²) in [7, 11) is 1.88. The second-order valence-corrected chi connectivity index (χ2v) is 8.41. The van der Waals surface area contributed by atoms with Gasteiger partial charge in [-0.3, -0.25) is 9.89 Å². The lowest BCUT2D eigenvalue weighted by atomic mass is 10.1. The fourth-order valence-electron chi connectivity index (χ4n) is 4.37. The van der Waals surface area contributed by atoms with Crippen molar-refractivity contribution >= 4 is 5.96 Å². The molecule has 3 rings (SSSR count). The minimum atomic E-state index is 0.462. The summed E-state index contributed by atoms with van der Waals surface area (Å²) < 4.78 is 0. The van der Waals surface area contributed by atoms with Crippen molar-refractivity contribution in [3.8, 4) is 0 Å². The van der Waals surface area contributed by atoms with E-state index in [1.807, 2.05) is 7.05 Å². The molecule has 0 saturated carbocycles. The summed E-state index contributed by atoms with van der Waals surface area (Å²) in [5.74, 6) is 1.58. The van der Waals surface area contributed by atoms with Crippen molar-refractivity contribution in [2.75, 3.05) is 39.8 Å². The van der Waals surface area contributed by atoms with Gasteiger partial charge in [0.15, 0.2) is 5.96 Å². The number of benzene rings is 1. The van der Waals surface area contributed by atoms with Gasteiger partial charge in [0.2, 0.25) is 0 Å². The van der Waals surface area contributed by atoms with Gasteiger partial charge in [-0.05, 0) is 50.8 Å². The third-order valence-electron chi connectivity index (χ3n) is 5.88. The van der Waals surface area contributed by atoms with Crippen molar-refractivity contribution < 1.29 is 0 Å². The van der Waals surface area contributed by atoms with Gasteiger partial charge in [-0.25, -0.2) is 0 Å². The van der Waals surface area contributed by atoms with Crippen molar-refractivity contribution in [3.63, 3.8) is 0 Å². The zero-order valence-corrected chi connectivity index (χ0v) is 17.3. The highest BCUT2D eigenvalue weighted by atomic mass is 15.3. The highest BCUT2D eigenvalue weighted by Crippen LogP contribution is 2.20. The number of guanidine groups is 1. The fraction of sp³-hybridized carbons (Fsp3) is 0.682. The molecule has 3 atom stereocenters. The Hall–Kier alpha value is -1.59. The topological polar surface area (TPSA) is 42.9 Å². The molecule has 2 fully saturated rings. The van der Waals surface area contributed by atoms with Crippen molar-refractivity contribution in [1.82, 2.24) is 20.4 Å². The van der Waals surface area contributed by atoms with E-state index in [4.69, 9.17) is 0 Å². The molecule has 2 aliphatic rings. The Morgan fingerprint density at radius 2 is 1.96 bits per heavy atom. The van der Waals surface area contributed by atoms with E-state index in [2.05, 4.69) is 69.6 Å². The van der Waals surface area contributed by atoms with E-state index in [-0.39, 0.29) is 0 Å². The fourth-order valence-corrected chi connectivity index (χ4v) is 4.37. The number of rotatable bonds is 7. The minimum Gasteiger partial charge on any atom is -0.356 e. The molecule has 150 valence electrons. The van der Waals surface area contributed by atoms with Crippen LogP contribution in [0.25, 0.3) is 0 Å². The molecule has 5 nitrogen and oxygen atoms in total. The summed E-state index contributed by atoms with van der Waals surface area (Å²) in [6.45, 7) is 11.5. The molecule has 0 spiro atoms. The van der Waals surface area contributed by atoms with Gasteiger partial charge in [-0.2, -0.15) is 0 Å². The summed E-state index contributed by atoms with van der Waals surface area (Å²) in [6, 6.07) is 11.8. The first-order valence-electron chi connectivity index (χ1n) is 10.6. The molecule has 2 saturated heterocycles. The Balaban J connectivity index is 1.41. The summed E-state index contributed by atoms with van der Waals surface area (Å²) in [5, 5.41) is 7.19. The molecule has 27 heavy (non-hydrogen) atoms. The Morgan fingerprint density at radius 1 is 1.22 bits per heavy atom. The van der Waals surface area contributed by atoms with Gasteiger partial charge in [0.25, 0.3) is 0 Å². The van der Waals surface area contributed by atoms with Crippen LogP contribution in [0.15, 0.2) is 35.3 Å². The van der Waals surface area contributed by atoms with Crippen LogP contribution in [-0.4, -0.2) is 67.6 Å². The smallest absolute Gasteiger partial charge is 0.191 e. The van der Waals surface area contributed by atoms with E-state index in [0.29, 0.717) is 18.0 Å². The summed E-state index contributed by atoms with van der Waals surface area (Å²) in [6.07, 6.45) is 3.89. The second-order valence-electron chi connectivity index (χ2n) is 8.41. The predicted octanol–water partition coefficient (Wildman–Crippen LogP) is 2.55. The van der Waals surface area contributed by atoms with Crippen LogP contribution in [0, 0.1) is 5.92 Å². The molecule has 2 heterocycles. The maximum atomic E-state index is 4.45. The molecule has 3 unspecified atom stereocenters. The van der Waals surface area contributed by atoms with E-state index in [1.165, 1.54) is 38.0 Å². The number of hydrogen-bond acceptors (Lipinski definition) is 3. The highest BCUT2D eigenvalue weighted by molar-refractivity contribution is 5.80. The molecule has 0 radical (unpaired) electrons. The first kappa shape index (κ1) is 20.2. The molecule has 0 bridgehead atoms. The van der Waals surface area contributed by atoms with E-state index < -0.39 is 0 Å². The minimum absolute atomic E-state index is 0.462. The van der Waals surface area contributed by atoms with Gasteiger partial charge in [0.05, 0.1) is 0 Å². The Kier molecular flexibility index (Phi) is 7.53. The summed E-state index contributed by atoms with van der Waals surface area (Å²) in [4.78, 5) is 9.60. The third-order valence-corrected chi connectivity index (χ3v) is 5.88. The lowest BCUT2D eigenvalue weighted by Gasteiger charge is -2.23. The Bertz CT molecular complexity index is 582. The summed E-state index contributed by atoms with van der Waals surface area (Å²) in [5.41, 5.74) is 1.39. The van der Waals surface area contributed by atoms with Crippen LogP contribution in [0.4, 0.5) is 0 Å². The summed E-state index contributed by atoms with van der Waals surface area (Å²) >= 11 is 0. The molecule has 0 aliphatic carbocycles. The predicted molar refractivity (Wildman–Crippen MR) is 114 cm³/mol. The largest absolute Gasteiger partial charge is 0.356 e. The van der Waals surface area contributed by atoms with Crippen molar-refractivity contribution in [1.29, 1.82) is 0 Å². The van der Waals surface area contributed by atoms with Crippen LogP contribution in [0.1, 0.15) is 38.7 Å². The van der Waals surface area contributed by atoms with Crippen LogP contribution < -0.4 is 10.6 Å². The maximum Gasteiger partial charge on any atom is 0.191 e. The van der Waals surface area contributed by atoms with Crippen LogP contribution in [0.3, 0.4) is 0 Å². The Morgan fingerprint density at radius 3 is 2.67 bits per heavy atom. The van der Waals surface area contributed by atoms with Gasteiger partial charge in [0, 0.05) is 45.3 Å². The van der Waals surface area contributed by atoms with Crippen molar-refractivity contribution in [2.24, 2.45) is 10.9 Å². The molecule has 5 heteroatoms. The standard InChI is InChI=1S/C22H37N5/c1-18(15-26-11-7-8-12-26)14-24-22(23-3)25-21-13-19(2)27(17-21)16-20-9-5-4-6-10-20/h4-6,9-10,18-19,21H,7-8,11-17H2,1-3H3,(H2,23,24,25). The van der Waals surface area contributed by atoms with Crippen LogP contribution in [-0.2, 0) is 6.54 Å². The first-order chi connectivity index (χ1) is 13.1. The van der Waals surface area contributed by atoms with Gasteiger partial charge < -0.3 is 15.5 Å². The maximum absolute atomic E-state index is 4.45. The number of nitrogens with one attached hydrogen (secondary N) is 2. The number of hydrogen-bond donors (Lipinski definition) is 2. The molecule has 2 aliphatic heterocycles. The molecular weight excluding hydrogens is 334 g/mol. The molecular formula is C22H37N5. The second kappa shape index (κ2) is 10.1.